The molecule has 0 radical (unpaired) electrons. The first kappa shape index (κ1) is 19.8. The number of nitrogens with two attached hydrogens (primary N) is 1. The molecule has 0 aliphatic carbocycles. The van der Waals surface area contributed by atoms with Crippen LogP contribution in [0.5, 0.6) is 0 Å². The minimum Gasteiger partial charge on any atom is -0.349 e. The van der Waals surface area contributed by atoms with Crippen molar-refractivity contribution in [2.45, 2.75) is 39.2 Å². The van der Waals surface area contributed by atoms with E-state index in [9.17, 15) is 13.6 Å². The molecule has 1 aromatic rings. The molecule has 0 spiro atoms. The fraction of sp³-hybridized carbons (Fsp3) is 0.533. The number of halogens is 3. The average Bonchev–Trinajstić information content (AvgIpc) is 2.33. The fourth-order valence-corrected chi connectivity index (χ4v) is 2.33. The first-order valence-corrected chi connectivity index (χ1v) is 6.71. The van der Waals surface area contributed by atoms with E-state index in [1.54, 1.807) is 0 Å². The van der Waals surface area contributed by atoms with Crippen molar-refractivity contribution in [2.75, 3.05) is 6.54 Å². The van der Waals surface area contributed by atoms with E-state index < -0.39 is 17.2 Å². The number of nitrogens with one attached hydrogen (secondary N) is 1. The molecule has 0 aliphatic heterocycles. The second-order valence-corrected chi connectivity index (χ2v) is 5.80. The molecule has 1 aromatic carbocycles. The van der Waals surface area contributed by atoms with Gasteiger partial charge in [0.2, 0.25) is 5.91 Å². The predicted molar refractivity (Wildman–Crippen MR) is 82.4 cm³/mol. The Hall–Kier alpha value is -1.20. The summed E-state index contributed by atoms with van der Waals surface area (Å²) in [4.78, 5) is 12.0. The lowest BCUT2D eigenvalue weighted by Gasteiger charge is -2.31. The predicted octanol–water partition coefficient (Wildman–Crippen LogP) is 2.81. The Morgan fingerprint density at radius 1 is 1.38 bits per heavy atom. The molecular weight excluding hydrogens is 298 g/mol. The van der Waals surface area contributed by atoms with Crippen LogP contribution in [0.15, 0.2) is 18.2 Å². The monoisotopic (exact) mass is 320 g/mol. The molecule has 3 N–H and O–H groups in total. The van der Waals surface area contributed by atoms with E-state index in [2.05, 4.69) is 5.32 Å². The summed E-state index contributed by atoms with van der Waals surface area (Å²) in [5.74, 6) is -1.90. The second-order valence-electron chi connectivity index (χ2n) is 5.80. The standard InChI is InChI=1S/C15H22F2N2O.ClH/c1-10(2)8-15(3,9-18)19-13(20)7-11-5-4-6-12(16)14(11)17;/h4-6,10H,7-9,18H2,1-3H3,(H,19,20);1H. The van der Waals surface area contributed by atoms with Gasteiger partial charge in [0, 0.05) is 17.6 Å². The van der Waals surface area contributed by atoms with Gasteiger partial charge in [-0.3, -0.25) is 4.79 Å². The van der Waals surface area contributed by atoms with Gasteiger partial charge in [-0.15, -0.1) is 12.4 Å². The van der Waals surface area contributed by atoms with E-state index in [1.165, 1.54) is 12.1 Å². The molecule has 0 saturated heterocycles. The van der Waals surface area contributed by atoms with E-state index in [4.69, 9.17) is 5.73 Å². The van der Waals surface area contributed by atoms with Gasteiger partial charge < -0.3 is 11.1 Å². The number of carbonyl (C=O) groups is 1. The first-order valence-electron chi connectivity index (χ1n) is 6.71. The first-order chi connectivity index (χ1) is 9.27. The van der Waals surface area contributed by atoms with Crippen LogP contribution >= 0.6 is 12.4 Å². The van der Waals surface area contributed by atoms with Crippen LogP contribution in [0.4, 0.5) is 8.78 Å². The summed E-state index contributed by atoms with van der Waals surface area (Å²) in [5, 5.41) is 2.82. The molecule has 21 heavy (non-hydrogen) atoms. The molecular formula is C15H23ClF2N2O. The third-order valence-electron chi connectivity index (χ3n) is 3.13. The molecule has 120 valence electrons. The molecule has 3 nitrogen and oxygen atoms in total. The highest BCUT2D eigenvalue weighted by atomic mass is 35.5. The topological polar surface area (TPSA) is 55.1 Å². The molecule has 0 aliphatic rings. The Balaban J connectivity index is 0.00000400. The van der Waals surface area contributed by atoms with Crippen LogP contribution in [0.3, 0.4) is 0 Å². The molecule has 1 unspecified atom stereocenters. The average molecular weight is 321 g/mol. The Kier molecular flexibility index (Phi) is 7.82. The lowest BCUT2D eigenvalue weighted by Crippen LogP contribution is -2.52. The summed E-state index contributed by atoms with van der Waals surface area (Å²) in [7, 11) is 0. The van der Waals surface area contributed by atoms with Crippen LogP contribution in [-0.4, -0.2) is 18.0 Å². The van der Waals surface area contributed by atoms with Crippen molar-refractivity contribution in [2.24, 2.45) is 11.7 Å². The highest BCUT2D eigenvalue weighted by Crippen LogP contribution is 2.16. The summed E-state index contributed by atoms with van der Waals surface area (Å²) in [5.41, 5.74) is 5.22. The van der Waals surface area contributed by atoms with Crippen molar-refractivity contribution in [1.29, 1.82) is 0 Å². The largest absolute Gasteiger partial charge is 0.349 e. The smallest absolute Gasteiger partial charge is 0.224 e. The van der Waals surface area contributed by atoms with Gasteiger partial charge in [-0.05, 0) is 25.3 Å². The summed E-state index contributed by atoms with van der Waals surface area (Å²) in [6.07, 6.45) is 0.526. The number of amides is 1. The van der Waals surface area contributed by atoms with Crippen molar-refractivity contribution in [3.8, 4) is 0 Å². The molecule has 6 heteroatoms. The van der Waals surface area contributed by atoms with E-state index in [1.807, 2.05) is 20.8 Å². The summed E-state index contributed by atoms with van der Waals surface area (Å²) >= 11 is 0. The van der Waals surface area contributed by atoms with Crippen molar-refractivity contribution in [3.05, 3.63) is 35.4 Å². The number of hydrogen-bond donors (Lipinski definition) is 2. The maximum absolute atomic E-state index is 13.5. The van der Waals surface area contributed by atoms with Gasteiger partial charge in [0.15, 0.2) is 11.6 Å². The van der Waals surface area contributed by atoms with Crippen LogP contribution < -0.4 is 11.1 Å². The summed E-state index contributed by atoms with van der Waals surface area (Å²) in [6.45, 7) is 6.22. The minimum absolute atomic E-state index is 0. The molecule has 0 bridgehead atoms. The third kappa shape index (κ3) is 5.98. The van der Waals surface area contributed by atoms with Crippen molar-refractivity contribution in [3.63, 3.8) is 0 Å². The highest BCUT2D eigenvalue weighted by Gasteiger charge is 2.26. The van der Waals surface area contributed by atoms with Gasteiger partial charge in [0.25, 0.3) is 0 Å². The SMILES string of the molecule is CC(C)CC(C)(CN)NC(=O)Cc1cccc(F)c1F.Cl. The quantitative estimate of drug-likeness (QED) is 0.847. The van der Waals surface area contributed by atoms with E-state index in [-0.39, 0.29) is 30.3 Å². The highest BCUT2D eigenvalue weighted by molar-refractivity contribution is 5.85. The molecule has 0 heterocycles. The minimum atomic E-state index is -0.971. The van der Waals surface area contributed by atoms with Crippen molar-refractivity contribution >= 4 is 18.3 Å². The van der Waals surface area contributed by atoms with Crippen LogP contribution in [0.2, 0.25) is 0 Å². The van der Waals surface area contributed by atoms with E-state index in [0.29, 0.717) is 12.5 Å². The molecule has 1 rings (SSSR count). The van der Waals surface area contributed by atoms with Crippen LogP contribution in [0.25, 0.3) is 0 Å². The van der Waals surface area contributed by atoms with Crippen LogP contribution in [0, 0.1) is 17.6 Å². The fourth-order valence-electron chi connectivity index (χ4n) is 2.33. The molecule has 1 atom stereocenters. The second kappa shape index (κ2) is 8.29. The molecule has 0 aromatic heterocycles. The number of carbonyl (C=O) groups excluding carboxylic acids is 1. The molecule has 0 fully saturated rings. The third-order valence-corrected chi connectivity index (χ3v) is 3.13. The zero-order valence-electron chi connectivity index (χ0n) is 12.6. The van der Waals surface area contributed by atoms with Gasteiger partial charge in [-0.2, -0.15) is 0 Å². The van der Waals surface area contributed by atoms with E-state index in [0.717, 1.165) is 12.5 Å². The Morgan fingerprint density at radius 2 is 2.00 bits per heavy atom. The number of hydrogen-bond acceptors (Lipinski definition) is 2. The Labute approximate surface area is 130 Å². The van der Waals surface area contributed by atoms with Crippen LogP contribution in [-0.2, 0) is 11.2 Å². The van der Waals surface area contributed by atoms with Crippen molar-refractivity contribution < 1.29 is 13.6 Å². The number of rotatable bonds is 6. The Morgan fingerprint density at radius 3 is 2.52 bits per heavy atom. The summed E-state index contributed by atoms with van der Waals surface area (Å²) < 4.78 is 26.6. The normalized spacial score (nSPS) is 13.5. The lowest BCUT2D eigenvalue weighted by molar-refractivity contribution is -0.122. The summed E-state index contributed by atoms with van der Waals surface area (Å²) in [6, 6.07) is 3.82. The van der Waals surface area contributed by atoms with E-state index >= 15 is 0 Å². The molecule has 1 amide bonds. The van der Waals surface area contributed by atoms with Crippen LogP contribution in [0.1, 0.15) is 32.8 Å². The van der Waals surface area contributed by atoms with Gasteiger partial charge in [-0.1, -0.05) is 26.0 Å². The maximum Gasteiger partial charge on any atom is 0.224 e. The zero-order chi connectivity index (χ0) is 15.3. The zero-order valence-corrected chi connectivity index (χ0v) is 13.4. The van der Waals surface area contributed by atoms with Crippen molar-refractivity contribution in [1.82, 2.24) is 5.32 Å². The molecule has 0 saturated carbocycles. The van der Waals surface area contributed by atoms with Gasteiger partial charge in [0.05, 0.1) is 6.42 Å². The van der Waals surface area contributed by atoms with Gasteiger partial charge in [0.1, 0.15) is 0 Å². The van der Waals surface area contributed by atoms with Gasteiger partial charge >= 0.3 is 0 Å². The number of benzene rings is 1. The Bertz CT molecular complexity index is 483. The maximum atomic E-state index is 13.5. The lowest BCUT2D eigenvalue weighted by atomic mass is 9.90. The van der Waals surface area contributed by atoms with Gasteiger partial charge in [-0.25, -0.2) is 8.78 Å².